The highest BCUT2D eigenvalue weighted by Gasteiger charge is 2.46. The zero-order valence-corrected chi connectivity index (χ0v) is 8.79. The van der Waals surface area contributed by atoms with Gasteiger partial charge in [0.2, 0.25) is 0 Å². The number of rotatable bonds is 3. The van der Waals surface area contributed by atoms with E-state index in [0.29, 0.717) is 6.42 Å². The molecule has 1 fully saturated rings. The first-order valence-electron chi connectivity index (χ1n) is 5.60. The van der Waals surface area contributed by atoms with Crippen molar-refractivity contribution in [2.75, 3.05) is 0 Å². The third-order valence-corrected chi connectivity index (χ3v) is 3.65. The van der Waals surface area contributed by atoms with Crippen molar-refractivity contribution in [1.29, 1.82) is 0 Å². The van der Waals surface area contributed by atoms with Gasteiger partial charge in [-0.15, -0.1) is 0 Å². The highest BCUT2D eigenvalue weighted by Crippen LogP contribution is 2.47. The topological polar surface area (TPSA) is 54.4 Å². The molecule has 0 aromatic heterocycles. The van der Waals surface area contributed by atoms with Gasteiger partial charge in [-0.2, -0.15) is 0 Å². The van der Waals surface area contributed by atoms with Crippen LogP contribution in [0, 0.1) is 5.41 Å². The third kappa shape index (κ3) is 1.71. The predicted octanol–water partition coefficient (Wildman–Crippen LogP) is 2.31. The van der Waals surface area contributed by atoms with Gasteiger partial charge in [-0.25, -0.2) is 0 Å². The number of carbonyl (C=O) groups is 2. The number of allylic oxidation sites excluding steroid dienone is 2. The fourth-order valence-corrected chi connectivity index (χ4v) is 2.93. The molecule has 2 aliphatic carbocycles. The number of carboxylic acid groups (broad SMARTS) is 1. The summed E-state index contributed by atoms with van der Waals surface area (Å²) in [5, 5.41) is 8.94. The Kier molecular flexibility index (Phi) is 2.63. The quantitative estimate of drug-likeness (QED) is 0.724. The molecule has 1 saturated carbocycles. The van der Waals surface area contributed by atoms with Crippen LogP contribution in [0.4, 0.5) is 0 Å². The van der Waals surface area contributed by atoms with Crippen LogP contribution in [0.15, 0.2) is 11.6 Å². The average molecular weight is 208 g/mol. The van der Waals surface area contributed by atoms with Crippen molar-refractivity contribution in [3.63, 3.8) is 0 Å². The maximum atomic E-state index is 11.9. The monoisotopic (exact) mass is 208 g/mol. The van der Waals surface area contributed by atoms with Gasteiger partial charge in [0.15, 0.2) is 0 Å². The number of carbonyl (C=O) groups excluding carboxylic acids is 1. The Hall–Kier alpha value is -1.12. The smallest absolute Gasteiger partial charge is 0.304 e. The molecular weight excluding hydrogens is 192 g/mol. The summed E-state index contributed by atoms with van der Waals surface area (Å²) in [7, 11) is 0. The van der Waals surface area contributed by atoms with Gasteiger partial charge in [-0.05, 0) is 32.1 Å². The lowest BCUT2D eigenvalue weighted by Crippen LogP contribution is -2.30. The zero-order valence-electron chi connectivity index (χ0n) is 8.79. The summed E-state index contributed by atoms with van der Waals surface area (Å²) >= 11 is 0. The van der Waals surface area contributed by atoms with Crippen molar-refractivity contribution in [3.05, 3.63) is 11.6 Å². The van der Waals surface area contributed by atoms with Gasteiger partial charge >= 0.3 is 5.97 Å². The van der Waals surface area contributed by atoms with E-state index in [9.17, 15) is 9.59 Å². The fourth-order valence-electron chi connectivity index (χ4n) is 2.93. The van der Waals surface area contributed by atoms with Crippen molar-refractivity contribution < 1.29 is 14.7 Å². The maximum Gasteiger partial charge on any atom is 0.304 e. The number of hydrogen-bond acceptors (Lipinski definition) is 2. The first kappa shape index (κ1) is 10.4. The molecule has 1 N–H and O–H groups in total. The summed E-state index contributed by atoms with van der Waals surface area (Å²) in [4.78, 5) is 22.8. The fraction of sp³-hybridized carbons (Fsp3) is 0.667. The van der Waals surface area contributed by atoms with Crippen molar-refractivity contribution in [3.8, 4) is 0 Å². The maximum absolute atomic E-state index is 11.9. The molecule has 1 atom stereocenters. The molecule has 0 saturated heterocycles. The summed E-state index contributed by atoms with van der Waals surface area (Å²) in [6, 6.07) is 0. The molecule has 0 amide bonds. The molecule has 0 aromatic rings. The van der Waals surface area contributed by atoms with Crippen LogP contribution in [-0.4, -0.2) is 16.9 Å². The van der Waals surface area contributed by atoms with Crippen LogP contribution in [0.3, 0.4) is 0 Å². The molecule has 3 nitrogen and oxygen atoms in total. The molecule has 15 heavy (non-hydrogen) atoms. The summed E-state index contributed by atoms with van der Waals surface area (Å²) in [6.07, 6.45) is 7.23. The number of carboxylic acids is 1. The molecule has 0 bridgehead atoms. The SMILES string of the molecule is O=C(O)CC1(C2=CCCC2)CCCC1=O. The molecule has 0 spiro atoms. The van der Waals surface area contributed by atoms with Gasteiger partial charge in [0.1, 0.15) is 5.78 Å². The van der Waals surface area contributed by atoms with Crippen LogP contribution in [0.5, 0.6) is 0 Å². The largest absolute Gasteiger partial charge is 0.481 e. The minimum atomic E-state index is -0.849. The summed E-state index contributed by atoms with van der Waals surface area (Å²) < 4.78 is 0. The normalized spacial score (nSPS) is 30.7. The van der Waals surface area contributed by atoms with Gasteiger partial charge in [-0.1, -0.05) is 11.6 Å². The van der Waals surface area contributed by atoms with E-state index in [1.807, 2.05) is 0 Å². The highest BCUT2D eigenvalue weighted by atomic mass is 16.4. The Morgan fingerprint density at radius 1 is 1.40 bits per heavy atom. The summed E-state index contributed by atoms with van der Waals surface area (Å²) in [6.45, 7) is 0. The first-order chi connectivity index (χ1) is 7.15. The molecule has 0 heterocycles. The van der Waals surface area contributed by atoms with E-state index in [4.69, 9.17) is 5.11 Å². The zero-order chi connectivity index (χ0) is 10.9. The van der Waals surface area contributed by atoms with Crippen LogP contribution in [0.2, 0.25) is 0 Å². The van der Waals surface area contributed by atoms with Crippen LogP contribution >= 0.6 is 0 Å². The van der Waals surface area contributed by atoms with Crippen molar-refractivity contribution >= 4 is 11.8 Å². The standard InChI is InChI=1S/C12H16O3/c13-10-6-3-7-12(10,8-11(14)15)9-4-1-2-5-9/h4H,1-3,5-8H2,(H,14,15). The lowest BCUT2D eigenvalue weighted by Gasteiger charge is -2.27. The Labute approximate surface area is 89.2 Å². The van der Waals surface area contributed by atoms with E-state index in [-0.39, 0.29) is 12.2 Å². The van der Waals surface area contributed by atoms with Gasteiger partial charge in [0.25, 0.3) is 0 Å². The summed E-state index contributed by atoms with van der Waals surface area (Å²) in [5.74, 6) is -0.698. The molecular formula is C12H16O3. The number of aliphatic carboxylic acids is 1. The minimum Gasteiger partial charge on any atom is -0.481 e. The molecule has 2 aliphatic rings. The van der Waals surface area contributed by atoms with Gasteiger partial charge in [0, 0.05) is 6.42 Å². The molecule has 0 radical (unpaired) electrons. The number of Topliss-reactive ketones (excluding diaryl/α,β-unsaturated/α-hetero) is 1. The Balaban J connectivity index is 2.29. The van der Waals surface area contributed by atoms with E-state index in [2.05, 4.69) is 6.08 Å². The van der Waals surface area contributed by atoms with Crippen LogP contribution in [-0.2, 0) is 9.59 Å². The van der Waals surface area contributed by atoms with Gasteiger partial charge < -0.3 is 5.11 Å². The molecule has 82 valence electrons. The minimum absolute atomic E-state index is 0.00231. The predicted molar refractivity (Wildman–Crippen MR) is 55.5 cm³/mol. The lowest BCUT2D eigenvalue weighted by atomic mass is 9.74. The summed E-state index contributed by atoms with van der Waals surface area (Å²) in [5.41, 5.74) is 0.481. The van der Waals surface area contributed by atoms with E-state index in [0.717, 1.165) is 37.7 Å². The second kappa shape index (κ2) is 3.80. The van der Waals surface area contributed by atoms with Gasteiger partial charge in [-0.3, -0.25) is 9.59 Å². The lowest BCUT2D eigenvalue weighted by molar-refractivity contribution is -0.142. The van der Waals surface area contributed by atoms with Gasteiger partial charge in [0.05, 0.1) is 11.8 Å². The van der Waals surface area contributed by atoms with E-state index >= 15 is 0 Å². The van der Waals surface area contributed by atoms with E-state index in [1.165, 1.54) is 0 Å². The Bertz CT molecular complexity index is 330. The second-order valence-electron chi connectivity index (χ2n) is 4.55. The molecule has 2 rings (SSSR count). The Morgan fingerprint density at radius 2 is 2.20 bits per heavy atom. The van der Waals surface area contributed by atoms with E-state index in [1.54, 1.807) is 0 Å². The average Bonchev–Trinajstić information content (AvgIpc) is 2.76. The Morgan fingerprint density at radius 3 is 2.67 bits per heavy atom. The second-order valence-corrected chi connectivity index (χ2v) is 4.55. The van der Waals surface area contributed by atoms with Crippen molar-refractivity contribution in [1.82, 2.24) is 0 Å². The molecule has 0 aliphatic heterocycles. The molecule has 0 aromatic carbocycles. The molecule has 1 unspecified atom stereocenters. The van der Waals surface area contributed by atoms with E-state index < -0.39 is 11.4 Å². The highest BCUT2D eigenvalue weighted by molar-refractivity contribution is 5.93. The van der Waals surface area contributed by atoms with Crippen molar-refractivity contribution in [2.24, 2.45) is 5.41 Å². The van der Waals surface area contributed by atoms with Crippen LogP contribution < -0.4 is 0 Å². The number of ketones is 1. The van der Waals surface area contributed by atoms with Crippen LogP contribution in [0.25, 0.3) is 0 Å². The first-order valence-corrected chi connectivity index (χ1v) is 5.60. The van der Waals surface area contributed by atoms with Crippen LogP contribution in [0.1, 0.15) is 44.9 Å². The van der Waals surface area contributed by atoms with Crippen molar-refractivity contribution in [2.45, 2.75) is 44.9 Å². The molecule has 3 heteroatoms. The number of hydrogen-bond donors (Lipinski definition) is 1. The third-order valence-electron chi connectivity index (χ3n) is 3.65.